The Morgan fingerprint density at radius 2 is 2.11 bits per heavy atom. The first-order chi connectivity index (χ1) is 8.85. The van der Waals surface area contributed by atoms with E-state index in [0.29, 0.717) is 13.2 Å². The molecule has 3 N–H and O–H groups in total. The summed E-state index contributed by atoms with van der Waals surface area (Å²) in [6.45, 7) is 3.34. The first-order valence-electron chi connectivity index (χ1n) is 6.38. The van der Waals surface area contributed by atoms with E-state index in [9.17, 15) is 0 Å². The van der Waals surface area contributed by atoms with E-state index in [1.165, 1.54) is 11.1 Å². The van der Waals surface area contributed by atoms with Crippen molar-refractivity contribution in [2.45, 2.75) is 19.3 Å². The van der Waals surface area contributed by atoms with E-state index in [1.807, 2.05) is 36.7 Å². The molecule has 96 valence electrons. The number of aryl methyl sites for hydroxylation is 1. The van der Waals surface area contributed by atoms with Crippen molar-refractivity contribution in [3.8, 4) is 5.75 Å². The number of para-hydroxylation sites is 1. The summed E-state index contributed by atoms with van der Waals surface area (Å²) in [7, 11) is 0. The van der Waals surface area contributed by atoms with E-state index < -0.39 is 0 Å². The number of hydrogen-bond acceptors (Lipinski definition) is 2. The smallest absolute Gasteiger partial charge is 0.122 e. The van der Waals surface area contributed by atoms with E-state index >= 15 is 0 Å². The molecule has 3 nitrogen and oxygen atoms in total. The minimum atomic E-state index is 0.237. The van der Waals surface area contributed by atoms with Crippen molar-refractivity contribution in [1.29, 1.82) is 0 Å². The zero-order valence-corrected chi connectivity index (χ0v) is 10.7. The number of rotatable bonds is 6. The molecule has 0 aliphatic heterocycles. The van der Waals surface area contributed by atoms with Crippen LogP contribution in [0.15, 0.2) is 42.7 Å². The van der Waals surface area contributed by atoms with Crippen LogP contribution in [0.1, 0.15) is 24.0 Å². The Hall–Kier alpha value is -1.74. The van der Waals surface area contributed by atoms with E-state index in [1.54, 1.807) is 0 Å². The van der Waals surface area contributed by atoms with Gasteiger partial charge in [-0.05, 0) is 29.7 Å². The molecular weight excluding hydrogens is 224 g/mol. The van der Waals surface area contributed by atoms with Gasteiger partial charge in [0, 0.05) is 24.9 Å². The molecule has 0 saturated carbocycles. The Kier molecular flexibility index (Phi) is 4.42. The van der Waals surface area contributed by atoms with Gasteiger partial charge in [-0.1, -0.05) is 25.1 Å². The van der Waals surface area contributed by atoms with Crippen molar-refractivity contribution in [3.05, 3.63) is 53.9 Å². The van der Waals surface area contributed by atoms with Crippen LogP contribution in [-0.4, -0.2) is 18.1 Å². The predicted octanol–water partition coefficient (Wildman–Crippen LogP) is 2.70. The molecule has 1 aromatic heterocycles. The predicted molar refractivity (Wildman–Crippen MR) is 73.9 cm³/mol. The van der Waals surface area contributed by atoms with Crippen LogP contribution in [0.5, 0.6) is 5.75 Å². The summed E-state index contributed by atoms with van der Waals surface area (Å²) in [4.78, 5) is 3.05. The lowest BCUT2D eigenvalue weighted by molar-refractivity contribution is 0.288. The van der Waals surface area contributed by atoms with Crippen LogP contribution < -0.4 is 10.5 Å². The van der Waals surface area contributed by atoms with Crippen molar-refractivity contribution in [1.82, 2.24) is 4.98 Å². The lowest BCUT2D eigenvalue weighted by atomic mass is 10.0. The summed E-state index contributed by atoms with van der Waals surface area (Å²) >= 11 is 0. The molecule has 1 atom stereocenters. The van der Waals surface area contributed by atoms with Gasteiger partial charge in [0.05, 0.1) is 6.61 Å². The molecule has 1 heterocycles. The van der Waals surface area contributed by atoms with Gasteiger partial charge in [-0.25, -0.2) is 0 Å². The van der Waals surface area contributed by atoms with Crippen LogP contribution in [0.4, 0.5) is 0 Å². The largest absolute Gasteiger partial charge is 0.493 e. The highest BCUT2D eigenvalue weighted by molar-refractivity contribution is 5.33. The third kappa shape index (κ3) is 2.93. The molecule has 0 amide bonds. The van der Waals surface area contributed by atoms with Gasteiger partial charge in [0.2, 0.25) is 0 Å². The second-order valence-corrected chi connectivity index (χ2v) is 4.35. The van der Waals surface area contributed by atoms with Crippen molar-refractivity contribution >= 4 is 0 Å². The van der Waals surface area contributed by atoms with E-state index in [4.69, 9.17) is 10.5 Å². The average Bonchev–Trinajstić information content (AvgIpc) is 2.94. The average molecular weight is 244 g/mol. The minimum absolute atomic E-state index is 0.237. The van der Waals surface area contributed by atoms with Crippen molar-refractivity contribution in [2.24, 2.45) is 5.73 Å². The van der Waals surface area contributed by atoms with E-state index in [0.717, 1.165) is 12.2 Å². The molecule has 0 bridgehead atoms. The molecule has 18 heavy (non-hydrogen) atoms. The molecule has 0 saturated heterocycles. The number of hydrogen-bond donors (Lipinski definition) is 2. The zero-order valence-electron chi connectivity index (χ0n) is 10.7. The Labute approximate surface area is 108 Å². The van der Waals surface area contributed by atoms with Crippen LogP contribution >= 0.6 is 0 Å². The highest BCUT2D eigenvalue weighted by Gasteiger charge is 2.11. The third-order valence-electron chi connectivity index (χ3n) is 3.17. The molecule has 0 fully saturated rings. The van der Waals surface area contributed by atoms with Gasteiger partial charge in [-0.15, -0.1) is 0 Å². The monoisotopic (exact) mass is 244 g/mol. The lowest BCUT2D eigenvalue weighted by Crippen LogP contribution is -2.19. The molecular formula is C15H20N2O. The molecule has 3 heteroatoms. The number of nitrogens with one attached hydrogen (secondary N) is 1. The maximum atomic E-state index is 5.91. The highest BCUT2D eigenvalue weighted by Crippen LogP contribution is 2.21. The Morgan fingerprint density at radius 3 is 2.78 bits per heavy atom. The molecule has 0 aliphatic rings. The normalized spacial score (nSPS) is 12.3. The summed E-state index contributed by atoms with van der Waals surface area (Å²) in [6, 6.07) is 10.2. The van der Waals surface area contributed by atoms with E-state index in [2.05, 4.69) is 18.0 Å². The number of ether oxygens (including phenoxy) is 1. The summed E-state index contributed by atoms with van der Waals surface area (Å²) in [5, 5.41) is 0. The standard InChI is InChI=1S/C15H20N2O/c1-2-12-5-3-4-6-15(12)18-11-14(9-16)13-7-8-17-10-13/h3-8,10,14,17H,2,9,11,16H2,1H3. The van der Waals surface area contributed by atoms with Crippen molar-refractivity contribution in [3.63, 3.8) is 0 Å². The minimum Gasteiger partial charge on any atom is -0.493 e. The Morgan fingerprint density at radius 1 is 1.28 bits per heavy atom. The van der Waals surface area contributed by atoms with Gasteiger partial charge < -0.3 is 15.5 Å². The Balaban J connectivity index is 2.02. The number of benzene rings is 1. The maximum absolute atomic E-state index is 5.91. The fraction of sp³-hybridized carbons (Fsp3) is 0.333. The van der Waals surface area contributed by atoms with Crippen LogP contribution in [0, 0.1) is 0 Å². The van der Waals surface area contributed by atoms with Gasteiger partial charge in [-0.2, -0.15) is 0 Å². The van der Waals surface area contributed by atoms with Gasteiger partial charge in [0.1, 0.15) is 5.75 Å². The van der Waals surface area contributed by atoms with Crippen LogP contribution in [0.25, 0.3) is 0 Å². The highest BCUT2D eigenvalue weighted by atomic mass is 16.5. The summed E-state index contributed by atoms with van der Waals surface area (Å²) in [6.07, 6.45) is 4.87. The molecule has 0 aliphatic carbocycles. The van der Waals surface area contributed by atoms with Crippen LogP contribution in [0.2, 0.25) is 0 Å². The van der Waals surface area contributed by atoms with Gasteiger partial charge in [-0.3, -0.25) is 0 Å². The molecule has 0 spiro atoms. The van der Waals surface area contributed by atoms with Gasteiger partial charge >= 0.3 is 0 Å². The SMILES string of the molecule is CCc1ccccc1OCC(CN)c1cc[nH]c1. The molecule has 1 aromatic carbocycles. The fourth-order valence-corrected chi connectivity index (χ4v) is 2.02. The van der Waals surface area contributed by atoms with Gasteiger partial charge in [0.15, 0.2) is 0 Å². The lowest BCUT2D eigenvalue weighted by Gasteiger charge is -2.16. The fourth-order valence-electron chi connectivity index (χ4n) is 2.02. The number of H-pyrrole nitrogens is 1. The summed E-state index contributed by atoms with van der Waals surface area (Å²) in [5.74, 6) is 1.20. The molecule has 2 rings (SSSR count). The third-order valence-corrected chi connectivity index (χ3v) is 3.17. The Bertz CT molecular complexity index is 465. The molecule has 0 radical (unpaired) electrons. The summed E-state index contributed by atoms with van der Waals surface area (Å²) < 4.78 is 5.91. The van der Waals surface area contributed by atoms with Crippen molar-refractivity contribution < 1.29 is 4.74 Å². The van der Waals surface area contributed by atoms with Crippen molar-refractivity contribution in [2.75, 3.05) is 13.2 Å². The topological polar surface area (TPSA) is 51.0 Å². The second-order valence-electron chi connectivity index (χ2n) is 4.35. The first kappa shape index (κ1) is 12.7. The number of nitrogens with two attached hydrogens (primary N) is 1. The van der Waals surface area contributed by atoms with Crippen LogP contribution in [-0.2, 0) is 6.42 Å². The van der Waals surface area contributed by atoms with E-state index in [-0.39, 0.29) is 5.92 Å². The maximum Gasteiger partial charge on any atom is 0.122 e. The quantitative estimate of drug-likeness (QED) is 0.821. The number of aromatic amines is 1. The zero-order chi connectivity index (χ0) is 12.8. The summed E-state index contributed by atoms with van der Waals surface area (Å²) in [5.41, 5.74) is 8.24. The second kappa shape index (κ2) is 6.26. The molecule has 1 unspecified atom stereocenters. The molecule has 2 aromatic rings. The number of aromatic nitrogens is 1. The van der Waals surface area contributed by atoms with Gasteiger partial charge in [0.25, 0.3) is 0 Å². The first-order valence-corrected chi connectivity index (χ1v) is 6.38. The van der Waals surface area contributed by atoms with Crippen LogP contribution in [0.3, 0.4) is 0 Å².